The van der Waals surface area contributed by atoms with E-state index in [0.717, 1.165) is 18.0 Å². The molecule has 0 amide bonds. The number of aliphatic imine (C=N–C) groups is 2. The number of rotatable bonds is 7. The minimum absolute atomic E-state index is 0.134. The zero-order valence-corrected chi connectivity index (χ0v) is 22.4. The summed E-state index contributed by atoms with van der Waals surface area (Å²) < 4.78 is 24.4. The molecule has 0 unspecified atom stereocenters. The van der Waals surface area contributed by atoms with Crippen molar-refractivity contribution in [2.45, 2.75) is 61.8 Å². The summed E-state index contributed by atoms with van der Waals surface area (Å²) in [7, 11) is -3.46. The Morgan fingerprint density at radius 3 is 2.33 bits per heavy atom. The van der Waals surface area contributed by atoms with Gasteiger partial charge < -0.3 is 10.2 Å². The number of nitrogens with one attached hydrogen (secondary N) is 1. The molecule has 2 fully saturated rings. The van der Waals surface area contributed by atoms with Gasteiger partial charge in [-0.3, -0.25) is 4.99 Å². The van der Waals surface area contributed by atoms with Gasteiger partial charge in [0.05, 0.1) is 10.6 Å². The van der Waals surface area contributed by atoms with Crippen LogP contribution in [0.1, 0.15) is 56.4 Å². The molecule has 0 aromatic heterocycles. The third kappa shape index (κ3) is 6.84. The van der Waals surface area contributed by atoms with E-state index in [1.807, 2.05) is 12.1 Å². The third-order valence-electron chi connectivity index (χ3n) is 7.19. The lowest BCUT2D eigenvalue weighted by Crippen LogP contribution is -2.41. The van der Waals surface area contributed by atoms with Gasteiger partial charge in [-0.1, -0.05) is 55.1 Å². The summed E-state index contributed by atoms with van der Waals surface area (Å²) in [6.45, 7) is 5.82. The van der Waals surface area contributed by atoms with Crippen LogP contribution in [0.4, 0.5) is 11.4 Å². The second-order valence-corrected chi connectivity index (χ2v) is 12.1. The van der Waals surface area contributed by atoms with E-state index in [2.05, 4.69) is 39.1 Å². The molecule has 4 rings (SSSR count). The number of halogens is 1. The number of likely N-dealkylation sites (tertiary alicyclic amines) is 1. The maximum Gasteiger partial charge on any atom is 0.177 e. The van der Waals surface area contributed by atoms with Crippen molar-refractivity contribution >= 4 is 45.4 Å². The van der Waals surface area contributed by atoms with Crippen LogP contribution in [0.25, 0.3) is 0 Å². The van der Waals surface area contributed by atoms with E-state index < -0.39 is 9.84 Å². The molecule has 0 atom stereocenters. The Bertz CT molecular complexity index is 1210. The summed E-state index contributed by atoms with van der Waals surface area (Å²) in [6.07, 6.45) is 11.8. The average Bonchev–Trinajstić information content (AvgIpc) is 2.89. The van der Waals surface area contributed by atoms with Crippen LogP contribution >= 0.6 is 11.6 Å². The molecule has 1 saturated heterocycles. The molecule has 2 aromatic rings. The van der Waals surface area contributed by atoms with E-state index in [1.165, 1.54) is 75.9 Å². The number of benzene rings is 2. The van der Waals surface area contributed by atoms with Crippen LogP contribution in [0.2, 0.25) is 0 Å². The lowest BCUT2D eigenvalue weighted by molar-refractivity contribution is 0.122. The van der Waals surface area contributed by atoms with E-state index in [-0.39, 0.29) is 9.93 Å². The Balaban J connectivity index is 1.48. The summed E-state index contributed by atoms with van der Waals surface area (Å²) in [4.78, 5) is 11.1. The fourth-order valence-corrected chi connectivity index (χ4v) is 6.26. The molecule has 0 radical (unpaired) electrons. The van der Waals surface area contributed by atoms with Gasteiger partial charge in [0.15, 0.2) is 15.7 Å². The monoisotopic (exact) mass is 526 g/mol. The average molecular weight is 527 g/mol. The Morgan fingerprint density at radius 2 is 1.69 bits per heavy atom. The lowest BCUT2D eigenvalue weighted by Gasteiger charge is -2.39. The highest BCUT2D eigenvalue weighted by molar-refractivity contribution is 7.90. The molecule has 192 valence electrons. The van der Waals surface area contributed by atoms with Gasteiger partial charge in [0.1, 0.15) is 5.03 Å². The number of anilines is 1. The standard InChI is InChI=1S/C28H35ClN4O2S/c1-30-20-25(29)28(32-26-10-6-7-11-27(26)36(2,34)35)31-23-14-12-21(13-15-23)22-16-18-33(19-17-22)24-8-4-3-5-9-24/h6-7,10-15,20,22,24H,1,3-5,8-9,16-19H2,2H3,(H,31,32)/b25-20+. The van der Waals surface area contributed by atoms with Crippen LogP contribution in [-0.2, 0) is 9.84 Å². The van der Waals surface area contributed by atoms with Crippen LogP contribution in [0.15, 0.2) is 74.6 Å². The van der Waals surface area contributed by atoms with Gasteiger partial charge in [-0.2, -0.15) is 0 Å². The predicted octanol–water partition coefficient (Wildman–Crippen LogP) is 6.53. The van der Waals surface area contributed by atoms with E-state index in [9.17, 15) is 8.42 Å². The zero-order valence-electron chi connectivity index (χ0n) is 20.9. The van der Waals surface area contributed by atoms with E-state index in [1.54, 1.807) is 18.2 Å². The van der Waals surface area contributed by atoms with Crippen LogP contribution in [0, 0.1) is 0 Å². The number of hydrogen-bond acceptors (Lipinski definition) is 5. The van der Waals surface area contributed by atoms with E-state index in [4.69, 9.17) is 11.6 Å². The SMILES string of the molecule is C=N/C=C(/Cl)C(=Nc1ccccc1S(C)(=O)=O)Nc1ccc(C2CCN(C3CCCCC3)CC2)cc1. The zero-order chi connectivity index (χ0) is 25.5. The quantitative estimate of drug-likeness (QED) is 0.329. The molecule has 2 aliphatic rings. The van der Waals surface area contributed by atoms with Gasteiger partial charge in [0.25, 0.3) is 0 Å². The molecule has 6 nitrogen and oxygen atoms in total. The molecule has 2 aromatic carbocycles. The first-order valence-electron chi connectivity index (χ1n) is 12.7. The van der Waals surface area contributed by atoms with Crippen molar-refractivity contribution in [2.24, 2.45) is 9.98 Å². The second kappa shape index (κ2) is 12.2. The van der Waals surface area contributed by atoms with E-state index in [0.29, 0.717) is 17.4 Å². The first-order chi connectivity index (χ1) is 17.3. The minimum atomic E-state index is -3.46. The van der Waals surface area contributed by atoms with Crippen LogP contribution < -0.4 is 5.32 Å². The Morgan fingerprint density at radius 1 is 1.03 bits per heavy atom. The molecule has 1 aliphatic heterocycles. The highest BCUT2D eigenvalue weighted by atomic mass is 35.5. The summed E-state index contributed by atoms with van der Waals surface area (Å²) in [6, 6.07) is 15.7. The number of amidine groups is 1. The van der Waals surface area contributed by atoms with Crippen molar-refractivity contribution in [3.8, 4) is 0 Å². The predicted molar refractivity (Wildman–Crippen MR) is 151 cm³/mol. The van der Waals surface area contributed by atoms with Crippen LogP contribution in [0.5, 0.6) is 0 Å². The normalized spacial score (nSPS) is 19.3. The fraction of sp³-hybridized carbons (Fsp3) is 0.429. The van der Waals surface area contributed by atoms with Crippen LogP contribution in [0.3, 0.4) is 0 Å². The van der Waals surface area contributed by atoms with Gasteiger partial charge in [-0.05, 0) is 81.2 Å². The molecular weight excluding hydrogens is 492 g/mol. The maximum absolute atomic E-state index is 12.2. The first-order valence-corrected chi connectivity index (χ1v) is 14.9. The van der Waals surface area contributed by atoms with Crippen molar-refractivity contribution in [1.29, 1.82) is 0 Å². The van der Waals surface area contributed by atoms with Gasteiger partial charge in [0, 0.05) is 24.2 Å². The van der Waals surface area contributed by atoms with Crippen molar-refractivity contribution < 1.29 is 8.42 Å². The summed E-state index contributed by atoms with van der Waals surface area (Å²) in [5.74, 6) is 0.871. The molecular formula is C28H35ClN4O2S. The summed E-state index contributed by atoms with van der Waals surface area (Å²) >= 11 is 6.42. The van der Waals surface area contributed by atoms with Crippen molar-refractivity contribution in [3.05, 3.63) is 65.3 Å². The first kappa shape index (κ1) is 26.6. The molecule has 0 bridgehead atoms. The fourth-order valence-electron chi connectivity index (χ4n) is 5.29. The molecule has 8 heteroatoms. The van der Waals surface area contributed by atoms with Crippen molar-refractivity contribution in [3.63, 3.8) is 0 Å². The molecule has 36 heavy (non-hydrogen) atoms. The number of nitrogens with zero attached hydrogens (tertiary/aromatic N) is 3. The molecule has 0 spiro atoms. The van der Waals surface area contributed by atoms with Gasteiger partial charge in [-0.15, -0.1) is 0 Å². The highest BCUT2D eigenvalue weighted by Gasteiger charge is 2.26. The summed E-state index contributed by atoms with van der Waals surface area (Å²) in [5, 5.41) is 3.46. The van der Waals surface area contributed by atoms with Crippen LogP contribution in [-0.4, -0.2) is 51.3 Å². The minimum Gasteiger partial charge on any atom is -0.339 e. The summed E-state index contributed by atoms with van der Waals surface area (Å²) in [5.41, 5.74) is 2.46. The number of para-hydroxylation sites is 1. The maximum atomic E-state index is 12.2. The lowest BCUT2D eigenvalue weighted by atomic mass is 9.86. The highest BCUT2D eigenvalue weighted by Crippen LogP contribution is 2.33. The Labute approximate surface area is 220 Å². The van der Waals surface area contributed by atoms with Crippen molar-refractivity contribution in [1.82, 2.24) is 4.90 Å². The smallest absolute Gasteiger partial charge is 0.177 e. The van der Waals surface area contributed by atoms with Gasteiger partial charge in [0.2, 0.25) is 0 Å². The molecule has 1 heterocycles. The van der Waals surface area contributed by atoms with E-state index >= 15 is 0 Å². The topological polar surface area (TPSA) is 74.1 Å². The third-order valence-corrected chi connectivity index (χ3v) is 8.61. The molecule has 1 saturated carbocycles. The number of sulfone groups is 1. The Kier molecular flexibility index (Phi) is 8.99. The van der Waals surface area contributed by atoms with Gasteiger partial charge >= 0.3 is 0 Å². The Hall–Kier alpha value is -2.48. The number of piperidine rings is 1. The molecule has 1 aliphatic carbocycles. The largest absolute Gasteiger partial charge is 0.339 e. The second-order valence-electron chi connectivity index (χ2n) is 9.71. The number of hydrogen-bond donors (Lipinski definition) is 1. The molecule has 1 N–H and O–H groups in total. The van der Waals surface area contributed by atoms with Gasteiger partial charge in [-0.25, -0.2) is 13.4 Å². The van der Waals surface area contributed by atoms with Crippen molar-refractivity contribution in [2.75, 3.05) is 24.7 Å².